The lowest BCUT2D eigenvalue weighted by Gasteiger charge is -2.33. The van der Waals surface area contributed by atoms with Crippen molar-refractivity contribution in [1.82, 2.24) is 15.4 Å². The standard InChI is InChI=1S/C17H19N3O4/c1-11-4-6-17(7-5-11)15(21)20(16(22)18-17)10-12-9-14(24-19-12)13-3-2-8-23-13/h2-3,8-9,11H,4-7,10H2,1H3,(H,18,22). The van der Waals surface area contributed by atoms with Gasteiger partial charge in [-0.05, 0) is 43.7 Å². The molecule has 4 rings (SSSR count). The van der Waals surface area contributed by atoms with E-state index in [2.05, 4.69) is 17.4 Å². The van der Waals surface area contributed by atoms with Gasteiger partial charge in [0.1, 0.15) is 11.2 Å². The second kappa shape index (κ2) is 5.51. The van der Waals surface area contributed by atoms with Gasteiger partial charge in [-0.3, -0.25) is 9.69 Å². The molecule has 2 aromatic rings. The molecule has 1 aliphatic carbocycles. The lowest BCUT2D eigenvalue weighted by Crippen LogP contribution is -2.49. The van der Waals surface area contributed by atoms with Crippen molar-refractivity contribution in [2.45, 2.75) is 44.7 Å². The van der Waals surface area contributed by atoms with Crippen LogP contribution in [0.3, 0.4) is 0 Å². The van der Waals surface area contributed by atoms with E-state index >= 15 is 0 Å². The highest BCUT2D eigenvalue weighted by Gasteiger charge is 2.52. The molecule has 0 bridgehead atoms. The van der Waals surface area contributed by atoms with Crippen LogP contribution in [0.4, 0.5) is 4.79 Å². The molecule has 0 radical (unpaired) electrons. The third kappa shape index (κ3) is 2.40. The maximum Gasteiger partial charge on any atom is 0.325 e. The van der Waals surface area contributed by atoms with E-state index in [1.807, 2.05) is 0 Å². The number of furan rings is 1. The van der Waals surface area contributed by atoms with E-state index in [0.29, 0.717) is 36.0 Å². The van der Waals surface area contributed by atoms with Crippen LogP contribution < -0.4 is 5.32 Å². The SMILES string of the molecule is CC1CCC2(CC1)NC(=O)N(Cc1cc(-c3ccco3)on1)C2=O. The van der Waals surface area contributed by atoms with Gasteiger partial charge >= 0.3 is 6.03 Å². The molecule has 1 saturated heterocycles. The first-order valence-corrected chi connectivity index (χ1v) is 8.21. The fourth-order valence-electron chi connectivity index (χ4n) is 3.50. The fourth-order valence-corrected chi connectivity index (χ4v) is 3.50. The Balaban J connectivity index is 1.51. The Morgan fingerprint density at radius 1 is 1.33 bits per heavy atom. The van der Waals surface area contributed by atoms with Crippen LogP contribution in [0.15, 0.2) is 33.4 Å². The van der Waals surface area contributed by atoms with Crippen molar-refractivity contribution >= 4 is 11.9 Å². The molecule has 1 aliphatic heterocycles. The number of carbonyl (C=O) groups excluding carboxylic acids is 2. The van der Waals surface area contributed by atoms with Gasteiger partial charge in [0.15, 0.2) is 5.76 Å². The number of nitrogens with one attached hydrogen (secondary N) is 1. The van der Waals surface area contributed by atoms with Crippen LogP contribution >= 0.6 is 0 Å². The highest BCUT2D eigenvalue weighted by atomic mass is 16.5. The van der Waals surface area contributed by atoms with Gasteiger partial charge < -0.3 is 14.3 Å². The molecule has 0 aromatic carbocycles. The van der Waals surface area contributed by atoms with Crippen molar-refractivity contribution in [1.29, 1.82) is 0 Å². The van der Waals surface area contributed by atoms with Gasteiger partial charge in [0, 0.05) is 6.07 Å². The largest absolute Gasteiger partial charge is 0.461 e. The number of nitrogens with zero attached hydrogens (tertiary/aromatic N) is 2. The van der Waals surface area contributed by atoms with Crippen LogP contribution in [0.25, 0.3) is 11.5 Å². The summed E-state index contributed by atoms with van der Waals surface area (Å²) in [4.78, 5) is 26.3. The van der Waals surface area contributed by atoms with Crippen LogP contribution in [0.5, 0.6) is 0 Å². The Morgan fingerprint density at radius 3 is 2.83 bits per heavy atom. The summed E-state index contributed by atoms with van der Waals surface area (Å²) in [5.41, 5.74) is -0.205. The number of hydrogen-bond donors (Lipinski definition) is 1. The van der Waals surface area contributed by atoms with Crippen molar-refractivity contribution in [3.8, 4) is 11.5 Å². The normalized spacial score (nSPS) is 27.0. The summed E-state index contributed by atoms with van der Waals surface area (Å²) in [6, 6.07) is 4.85. The van der Waals surface area contributed by atoms with Crippen molar-refractivity contribution in [3.63, 3.8) is 0 Å². The number of urea groups is 1. The first-order valence-electron chi connectivity index (χ1n) is 8.21. The Morgan fingerprint density at radius 2 is 2.12 bits per heavy atom. The Labute approximate surface area is 139 Å². The molecular formula is C17H19N3O4. The number of imide groups is 1. The smallest absolute Gasteiger partial charge is 0.325 e. The number of aromatic nitrogens is 1. The molecule has 7 heteroatoms. The molecule has 24 heavy (non-hydrogen) atoms. The van der Waals surface area contributed by atoms with Crippen LogP contribution in [0.1, 0.15) is 38.3 Å². The number of rotatable bonds is 3. The van der Waals surface area contributed by atoms with Crippen LogP contribution in [-0.4, -0.2) is 27.5 Å². The summed E-state index contributed by atoms with van der Waals surface area (Å²) in [5.74, 6) is 1.48. The van der Waals surface area contributed by atoms with Gasteiger partial charge in [-0.2, -0.15) is 0 Å². The zero-order valence-electron chi connectivity index (χ0n) is 13.4. The summed E-state index contributed by atoms with van der Waals surface area (Å²) in [7, 11) is 0. The van der Waals surface area contributed by atoms with Crippen molar-refractivity contribution < 1.29 is 18.5 Å². The number of amides is 3. The van der Waals surface area contributed by atoms with Crippen LogP contribution in [-0.2, 0) is 11.3 Å². The molecule has 1 spiro atoms. The van der Waals surface area contributed by atoms with Crippen molar-refractivity contribution in [2.24, 2.45) is 5.92 Å². The molecule has 1 saturated carbocycles. The van der Waals surface area contributed by atoms with E-state index in [0.717, 1.165) is 12.8 Å². The molecular weight excluding hydrogens is 310 g/mol. The van der Waals surface area contributed by atoms with Gasteiger partial charge in [0.05, 0.1) is 12.8 Å². The Bertz CT molecular complexity index is 757. The molecule has 3 amide bonds. The van der Waals surface area contributed by atoms with Gasteiger partial charge in [-0.15, -0.1) is 0 Å². The first-order chi connectivity index (χ1) is 11.6. The van der Waals surface area contributed by atoms with E-state index in [1.54, 1.807) is 24.5 Å². The summed E-state index contributed by atoms with van der Waals surface area (Å²) in [6.45, 7) is 2.28. The number of hydrogen-bond acceptors (Lipinski definition) is 5. The third-order valence-electron chi connectivity index (χ3n) is 5.02. The Kier molecular flexibility index (Phi) is 3.44. The molecule has 7 nitrogen and oxygen atoms in total. The van der Waals surface area contributed by atoms with E-state index in [9.17, 15) is 9.59 Å². The number of carbonyl (C=O) groups is 2. The van der Waals surface area contributed by atoms with Gasteiger partial charge in [-0.25, -0.2) is 4.79 Å². The highest BCUT2D eigenvalue weighted by Crippen LogP contribution is 2.36. The fraction of sp³-hybridized carbons (Fsp3) is 0.471. The van der Waals surface area contributed by atoms with Gasteiger partial charge in [0.25, 0.3) is 5.91 Å². The molecule has 2 aliphatic rings. The molecule has 126 valence electrons. The molecule has 2 fully saturated rings. The topological polar surface area (TPSA) is 88.6 Å². The molecule has 0 atom stereocenters. The quantitative estimate of drug-likeness (QED) is 0.875. The van der Waals surface area contributed by atoms with Crippen molar-refractivity contribution in [3.05, 3.63) is 30.2 Å². The maximum absolute atomic E-state index is 12.8. The molecule has 3 heterocycles. The molecule has 2 aromatic heterocycles. The summed E-state index contributed by atoms with van der Waals surface area (Å²) < 4.78 is 10.5. The zero-order chi connectivity index (χ0) is 16.7. The summed E-state index contributed by atoms with van der Waals surface area (Å²) in [6.07, 6.45) is 4.85. The lowest BCUT2D eigenvalue weighted by atomic mass is 9.77. The van der Waals surface area contributed by atoms with Gasteiger partial charge in [0.2, 0.25) is 5.76 Å². The molecule has 1 N–H and O–H groups in total. The van der Waals surface area contributed by atoms with Crippen LogP contribution in [0, 0.1) is 5.92 Å². The highest BCUT2D eigenvalue weighted by molar-refractivity contribution is 6.07. The van der Waals surface area contributed by atoms with E-state index in [1.165, 1.54) is 4.90 Å². The average Bonchev–Trinajstić information content (AvgIpc) is 3.28. The minimum absolute atomic E-state index is 0.103. The minimum atomic E-state index is -0.725. The maximum atomic E-state index is 12.8. The molecule has 0 unspecified atom stereocenters. The summed E-state index contributed by atoms with van der Waals surface area (Å²) in [5, 5.41) is 6.85. The summed E-state index contributed by atoms with van der Waals surface area (Å²) >= 11 is 0. The third-order valence-corrected chi connectivity index (χ3v) is 5.02. The first kappa shape index (κ1) is 15.0. The predicted molar refractivity (Wildman–Crippen MR) is 83.6 cm³/mol. The monoisotopic (exact) mass is 329 g/mol. The zero-order valence-corrected chi connectivity index (χ0v) is 13.4. The van der Waals surface area contributed by atoms with Gasteiger partial charge in [-0.1, -0.05) is 12.1 Å². The predicted octanol–water partition coefficient (Wildman–Crippen LogP) is 2.94. The van der Waals surface area contributed by atoms with E-state index < -0.39 is 5.54 Å². The second-order valence-corrected chi connectivity index (χ2v) is 6.75. The second-order valence-electron chi connectivity index (χ2n) is 6.75. The lowest BCUT2D eigenvalue weighted by molar-refractivity contribution is -0.133. The minimum Gasteiger partial charge on any atom is -0.461 e. The Hall–Kier alpha value is -2.57. The van der Waals surface area contributed by atoms with Crippen molar-refractivity contribution in [2.75, 3.05) is 0 Å². The van der Waals surface area contributed by atoms with E-state index in [-0.39, 0.29) is 18.5 Å². The van der Waals surface area contributed by atoms with E-state index in [4.69, 9.17) is 8.94 Å². The average molecular weight is 329 g/mol. The van der Waals surface area contributed by atoms with Crippen LogP contribution in [0.2, 0.25) is 0 Å².